The highest BCUT2D eigenvalue weighted by molar-refractivity contribution is 6.30. The van der Waals surface area contributed by atoms with Crippen molar-refractivity contribution in [2.24, 2.45) is 0 Å². The lowest BCUT2D eigenvalue weighted by Crippen LogP contribution is -2.35. The van der Waals surface area contributed by atoms with Crippen LogP contribution in [0.25, 0.3) is 0 Å². The van der Waals surface area contributed by atoms with E-state index in [-0.39, 0.29) is 23.7 Å². The van der Waals surface area contributed by atoms with Gasteiger partial charge < -0.3 is 10.1 Å². The zero-order valence-electron chi connectivity index (χ0n) is 10.1. The number of rotatable bonds is 6. The molecule has 0 saturated heterocycles. The van der Waals surface area contributed by atoms with Crippen molar-refractivity contribution in [2.75, 3.05) is 6.61 Å². The van der Waals surface area contributed by atoms with Crippen LogP contribution in [0.15, 0.2) is 18.3 Å². The fourth-order valence-corrected chi connectivity index (χ4v) is 1.62. The molecule has 0 unspecified atom stereocenters. The Morgan fingerprint density at radius 2 is 2.41 bits per heavy atom. The highest BCUT2D eigenvalue weighted by Gasteiger charge is 2.08. The summed E-state index contributed by atoms with van der Waals surface area (Å²) in [7, 11) is 0. The monoisotopic (exact) mass is 256 g/mol. The quantitative estimate of drug-likeness (QED) is 0.796. The molecule has 0 saturated carbocycles. The Bertz CT molecular complexity index is 371. The van der Waals surface area contributed by atoms with Crippen LogP contribution in [0.4, 0.5) is 0 Å². The second kappa shape index (κ2) is 7.12. The Kier molecular flexibility index (Phi) is 5.77. The summed E-state index contributed by atoms with van der Waals surface area (Å²) in [5, 5.41) is 3.11. The third-order valence-electron chi connectivity index (χ3n) is 2.21. The van der Waals surface area contributed by atoms with Crippen LogP contribution >= 0.6 is 11.6 Å². The van der Waals surface area contributed by atoms with Gasteiger partial charge in [0.25, 0.3) is 5.91 Å². The van der Waals surface area contributed by atoms with Gasteiger partial charge in [-0.25, -0.2) is 4.98 Å². The maximum absolute atomic E-state index is 11.5. The molecule has 1 rings (SSSR count). The minimum Gasteiger partial charge on any atom is -0.481 e. The van der Waals surface area contributed by atoms with Gasteiger partial charge in [0.15, 0.2) is 17.5 Å². The molecule has 0 aliphatic rings. The Hall–Kier alpha value is -1.29. The van der Waals surface area contributed by atoms with Crippen LogP contribution in [0, 0.1) is 0 Å². The summed E-state index contributed by atoms with van der Waals surface area (Å²) < 4.78 is 5.27. The van der Waals surface area contributed by atoms with Crippen molar-refractivity contribution in [1.82, 2.24) is 10.3 Å². The smallest absolute Gasteiger partial charge is 0.258 e. The predicted octanol–water partition coefficient (Wildman–Crippen LogP) is 2.42. The van der Waals surface area contributed by atoms with Crippen molar-refractivity contribution < 1.29 is 9.53 Å². The molecule has 94 valence electrons. The number of amides is 1. The number of pyridine rings is 1. The third kappa shape index (κ3) is 5.04. The Labute approximate surface area is 106 Å². The van der Waals surface area contributed by atoms with Gasteiger partial charge in [0.1, 0.15) is 0 Å². The van der Waals surface area contributed by atoms with Crippen LogP contribution in [0.3, 0.4) is 0 Å². The largest absolute Gasteiger partial charge is 0.481 e. The topological polar surface area (TPSA) is 51.2 Å². The predicted molar refractivity (Wildman–Crippen MR) is 67.3 cm³/mol. The van der Waals surface area contributed by atoms with E-state index < -0.39 is 0 Å². The molecule has 1 aromatic rings. The van der Waals surface area contributed by atoms with Gasteiger partial charge in [-0.3, -0.25) is 4.79 Å². The molecule has 0 radical (unpaired) electrons. The van der Waals surface area contributed by atoms with Crippen LogP contribution in [0.5, 0.6) is 5.75 Å². The molecular weight excluding hydrogens is 240 g/mol. The Morgan fingerprint density at radius 1 is 1.65 bits per heavy atom. The number of nitrogens with one attached hydrogen (secondary N) is 1. The number of carbonyl (C=O) groups excluding carboxylic acids is 1. The number of halogens is 1. The van der Waals surface area contributed by atoms with Crippen LogP contribution < -0.4 is 10.1 Å². The number of ether oxygens (including phenoxy) is 1. The molecule has 4 nitrogen and oxygen atoms in total. The van der Waals surface area contributed by atoms with Crippen LogP contribution in [-0.2, 0) is 4.79 Å². The van der Waals surface area contributed by atoms with E-state index >= 15 is 0 Å². The number of aromatic nitrogens is 1. The summed E-state index contributed by atoms with van der Waals surface area (Å²) >= 11 is 5.80. The average Bonchev–Trinajstić information content (AvgIpc) is 2.28. The van der Waals surface area contributed by atoms with Gasteiger partial charge in [0, 0.05) is 12.2 Å². The average molecular weight is 257 g/mol. The number of carbonyl (C=O) groups is 1. The molecule has 0 aliphatic heterocycles. The lowest BCUT2D eigenvalue weighted by molar-refractivity contribution is -0.123. The molecule has 0 fully saturated rings. The first kappa shape index (κ1) is 13.8. The molecule has 1 atom stereocenters. The Balaban J connectivity index is 2.36. The number of hydrogen-bond acceptors (Lipinski definition) is 3. The molecule has 0 spiro atoms. The van der Waals surface area contributed by atoms with Gasteiger partial charge in [-0.15, -0.1) is 0 Å². The minimum atomic E-state index is -0.147. The maximum Gasteiger partial charge on any atom is 0.258 e. The van der Waals surface area contributed by atoms with E-state index in [1.54, 1.807) is 18.3 Å². The van der Waals surface area contributed by atoms with E-state index in [1.165, 1.54) is 0 Å². The number of nitrogens with zero attached hydrogens (tertiary/aromatic N) is 1. The van der Waals surface area contributed by atoms with Gasteiger partial charge in [0.2, 0.25) is 0 Å². The SMILES string of the molecule is CCC[C@H](C)NC(=O)COc1cccnc1Cl. The van der Waals surface area contributed by atoms with Crippen LogP contribution in [-0.4, -0.2) is 23.5 Å². The van der Waals surface area contributed by atoms with Gasteiger partial charge in [-0.2, -0.15) is 0 Å². The third-order valence-corrected chi connectivity index (χ3v) is 2.50. The van der Waals surface area contributed by atoms with Gasteiger partial charge in [-0.05, 0) is 25.5 Å². The molecule has 1 N–H and O–H groups in total. The molecule has 1 aromatic heterocycles. The molecular formula is C12H17ClN2O2. The van der Waals surface area contributed by atoms with Gasteiger partial charge in [0.05, 0.1) is 0 Å². The van der Waals surface area contributed by atoms with Crippen molar-refractivity contribution in [1.29, 1.82) is 0 Å². The van der Waals surface area contributed by atoms with Crippen molar-refractivity contribution in [3.8, 4) is 5.75 Å². The molecule has 0 aromatic carbocycles. The first-order chi connectivity index (χ1) is 8.13. The van der Waals surface area contributed by atoms with E-state index in [2.05, 4.69) is 17.2 Å². The van der Waals surface area contributed by atoms with Gasteiger partial charge in [-0.1, -0.05) is 24.9 Å². The minimum absolute atomic E-state index is 0.0422. The standard InChI is InChI=1S/C12H17ClN2O2/c1-3-5-9(2)15-11(16)8-17-10-6-4-7-14-12(10)13/h4,6-7,9H,3,5,8H2,1-2H3,(H,15,16)/t9-/m0/s1. The fraction of sp³-hybridized carbons (Fsp3) is 0.500. The molecule has 1 amide bonds. The summed E-state index contributed by atoms with van der Waals surface area (Å²) in [6, 6.07) is 3.55. The molecule has 17 heavy (non-hydrogen) atoms. The summed E-state index contributed by atoms with van der Waals surface area (Å²) in [4.78, 5) is 15.4. The first-order valence-electron chi connectivity index (χ1n) is 5.66. The summed E-state index contributed by atoms with van der Waals surface area (Å²) in [5.41, 5.74) is 0. The highest BCUT2D eigenvalue weighted by Crippen LogP contribution is 2.19. The zero-order valence-corrected chi connectivity index (χ0v) is 10.8. The van der Waals surface area contributed by atoms with E-state index in [9.17, 15) is 4.79 Å². The van der Waals surface area contributed by atoms with Crippen molar-refractivity contribution in [3.63, 3.8) is 0 Å². The number of hydrogen-bond donors (Lipinski definition) is 1. The van der Waals surface area contributed by atoms with E-state index in [1.807, 2.05) is 6.92 Å². The van der Waals surface area contributed by atoms with Crippen molar-refractivity contribution >= 4 is 17.5 Å². The lowest BCUT2D eigenvalue weighted by atomic mass is 10.2. The van der Waals surface area contributed by atoms with E-state index in [0.717, 1.165) is 12.8 Å². The molecule has 0 bridgehead atoms. The molecule has 0 aliphatic carbocycles. The molecule has 5 heteroatoms. The van der Waals surface area contributed by atoms with Gasteiger partial charge >= 0.3 is 0 Å². The van der Waals surface area contributed by atoms with Crippen LogP contribution in [0.1, 0.15) is 26.7 Å². The second-order valence-corrected chi connectivity index (χ2v) is 4.20. The summed E-state index contributed by atoms with van der Waals surface area (Å²) in [5.74, 6) is 0.276. The van der Waals surface area contributed by atoms with Crippen molar-refractivity contribution in [2.45, 2.75) is 32.7 Å². The normalized spacial score (nSPS) is 11.9. The second-order valence-electron chi connectivity index (χ2n) is 3.84. The molecule has 1 heterocycles. The summed E-state index contributed by atoms with van der Waals surface area (Å²) in [6.07, 6.45) is 3.56. The van der Waals surface area contributed by atoms with E-state index in [4.69, 9.17) is 16.3 Å². The fourth-order valence-electron chi connectivity index (χ4n) is 1.44. The zero-order chi connectivity index (χ0) is 12.7. The van der Waals surface area contributed by atoms with E-state index in [0.29, 0.717) is 5.75 Å². The van der Waals surface area contributed by atoms with Crippen LogP contribution in [0.2, 0.25) is 5.15 Å². The highest BCUT2D eigenvalue weighted by atomic mass is 35.5. The first-order valence-corrected chi connectivity index (χ1v) is 6.04. The Morgan fingerprint density at radius 3 is 3.06 bits per heavy atom. The summed E-state index contributed by atoms with van der Waals surface area (Å²) in [6.45, 7) is 4.01. The lowest BCUT2D eigenvalue weighted by Gasteiger charge is -2.13. The van der Waals surface area contributed by atoms with Crippen molar-refractivity contribution in [3.05, 3.63) is 23.5 Å². The maximum atomic E-state index is 11.5.